The minimum absolute atomic E-state index is 0.0476. The van der Waals surface area contributed by atoms with Gasteiger partial charge in [-0.3, -0.25) is 19.1 Å². The number of sulfonamides is 1. The Balaban J connectivity index is 1.14. The van der Waals surface area contributed by atoms with Gasteiger partial charge in [0.2, 0.25) is 27.7 Å². The third-order valence-corrected chi connectivity index (χ3v) is 14.8. The van der Waals surface area contributed by atoms with Gasteiger partial charge in [0.15, 0.2) is 0 Å². The molecular formula is C43H53N7O7S2. The Labute approximate surface area is 349 Å². The summed E-state index contributed by atoms with van der Waals surface area (Å²) in [4.78, 5) is 59.3. The molecule has 3 amide bonds. The van der Waals surface area contributed by atoms with Crippen molar-refractivity contribution in [2.75, 3.05) is 19.0 Å². The fourth-order valence-electron chi connectivity index (χ4n) is 8.25. The largest absolute Gasteiger partial charge is 0.496 e. The summed E-state index contributed by atoms with van der Waals surface area (Å²) in [6.45, 7) is 12.0. The van der Waals surface area contributed by atoms with Gasteiger partial charge in [0.1, 0.15) is 46.0 Å². The number of aryl methyl sites for hydroxylation is 1. The highest BCUT2D eigenvalue weighted by atomic mass is 32.2. The normalized spacial score (nSPS) is 23.5. The quantitative estimate of drug-likeness (QED) is 0.136. The van der Waals surface area contributed by atoms with Gasteiger partial charge in [-0.1, -0.05) is 40.7 Å². The summed E-state index contributed by atoms with van der Waals surface area (Å²) in [6, 6.07) is 9.30. The van der Waals surface area contributed by atoms with Crippen LogP contribution in [0.15, 0.2) is 48.0 Å². The van der Waals surface area contributed by atoms with Gasteiger partial charge in [-0.25, -0.2) is 23.4 Å². The Bertz CT molecular complexity index is 2390. The number of ether oxygens (including phenoxy) is 2. The monoisotopic (exact) mass is 843 g/mol. The van der Waals surface area contributed by atoms with Crippen LogP contribution in [0.4, 0.5) is 5.82 Å². The number of methoxy groups -OCH3 is 1. The van der Waals surface area contributed by atoms with Gasteiger partial charge in [-0.2, -0.15) is 0 Å². The van der Waals surface area contributed by atoms with E-state index in [1.54, 1.807) is 25.4 Å². The highest BCUT2D eigenvalue weighted by Crippen LogP contribution is 2.57. The first-order chi connectivity index (χ1) is 28.0. The van der Waals surface area contributed by atoms with Crippen molar-refractivity contribution in [1.29, 1.82) is 0 Å². The molecule has 0 spiro atoms. The van der Waals surface area contributed by atoms with Gasteiger partial charge in [-0.05, 0) is 103 Å². The van der Waals surface area contributed by atoms with Crippen LogP contribution in [-0.4, -0.2) is 88.6 Å². The zero-order valence-corrected chi connectivity index (χ0v) is 36.2. The first-order valence-corrected chi connectivity index (χ1v) is 22.9. The summed E-state index contributed by atoms with van der Waals surface area (Å²) in [7, 11) is -2.23. The van der Waals surface area contributed by atoms with Crippen molar-refractivity contribution in [1.82, 2.24) is 29.9 Å². The number of amides is 3. The van der Waals surface area contributed by atoms with Crippen LogP contribution in [0.3, 0.4) is 0 Å². The third kappa shape index (κ3) is 8.22. The van der Waals surface area contributed by atoms with Crippen molar-refractivity contribution in [2.24, 2.45) is 17.3 Å². The Hall–Kier alpha value is -4.83. The second-order valence-electron chi connectivity index (χ2n) is 18.0. The number of pyridine rings is 2. The smallest absolute Gasteiger partial charge is 0.259 e. The lowest BCUT2D eigenvalue weighted by Gasteiger charge is -2.36. The third-order valence-electron chi connectivity index (χ3n) is 12.1. The molecule has 1 aromatic carbocycles. The highest BCUT2D eigenvalue weighted by Gasteiger charge is 2.67. The van der Waals surface area contributed by atoms with Gasteiger partial charge in [0.25, 0.3) is 5.91 Å². The number of carbonyl (C=O) groups is 3. The number of likely N-dealkylation sites (tertiary alicyclic amines) is 1. The summed E-state index contributed by atoms with van der Waals surface area (Å²) in [5.74, 6) is 0.234. The molecule has 4 aromatic rings. The van der Waals surface area contributed by atoms with Crippen LogP contribution >= 0.6 is 11.3 Å². The first kappa shape index (κ1) is 40.9. The van der Waals surface area contributed by atoms with Crippen LogP contribution in [0.25, 0.3) is 21.5 Å². The maximum Gasteiger partial charge on any atom is 0.259 e. The van der Waals surface area contributed by atoms with Crippen molar-refractivity contribution in [3.63, 3.8) is 0 Å². The molecule has 0 radical (unpaired) electrons. The van der Waals surface area contributed by atoms with Crippen LogP contribution in [-0.2, 0) is 24.4 Å². The van der Waals surface area contributed by atoms with Crippen LogP contribution < -0.4 is 24.8 Å². The summed E-state index contributed by atoms with van der Waals surface area (Å²) < 4.78 is 40.7. The van der Waals surface area contributed by atoms with Crippen LogP contribution in [0.5, 0.6) is 11.6 Å². The molecule has 3 aromatic heterocycles. The number of benzene rings is 1. The summed E-state index contributed by atoms with van der Waals surface area (Å²) in [5, 5.41) is 10.1. The summed E-state index contributed by atoms with van der Waals surface area (Å²) in [5.41, 5.74) is 0.484. The zero-order chi connectivity index (χ0) is 42.0. The van der Waals surface area contributed by atoms with Gasteiger partial charge >= 0.3 is 0 Å². The molecule has 4 heterocycles. The SMILES string of the molecule is COc1ccc2c(O[C@@H]3C[C@@H](C(=O)N[C@]4(C(=O)NS(=O)(=O)C5CC5)C[C@H]4C4CC4)N(C(=O)[C@@H](Nc4ccccn4)C(C)(C)C)C3)nc(-c3nc(C(C)C)cs3)cc2c1C. The second-order valence-corrected chi connectivity index (χ2v) is 20.8. The first-order valence-electron chi connectivity index (χ1n) is 20.5. The number of carbonyl (C=O) groups excluding carboxylic acids is 3. The number of hydrogen-bond acceptors (Lipinski definition) is 12. The van der Waals surface area contributed by atoms with Crippen molar-refractivity contribution in [3.05, 3.63) is 59.2 Å². The number of thiazole rings is 1. The van der Waals surface area contributed by atoms with E-state index >= 15 is 0 Å². The van der Waals surface area contributed by atoms with E-state index in [1.165, 1.54) is 16.2 Å². The van der Waals surface area contributed by atoms with Crippen LogP contribution in [0, 0.1) is 24.2 Å². The number of fused-ring (bicyclic) bond motifs is 1. The molecule has 8 rings (SSSR count). The van der Waals surface area contributed by atoms with E-state index in [-0.39, 0.29) is 36.6 Å². The number of nitrogens with one attached hydrogen (secondary N) is 3. The lowest BCUT2D eigenvalue weighted by Crippen LogP contribution is -2.58. The minimum atomic E-state index is -3.86. The Kier molecular flexibility index (Phi) is 10.6. The van der Waals surface area contributed by atoms with Gasteiger partial charge in [0.05, 0.1) is 24.6 Å². The molecule has 3 N–H and O–H groups in total. The lowest BCUT2D eigenvalue weighted by atomic mass is 9.85. The summed E-state index contributed by atoms with van der Waals surface area (Å²) in [6.07, 6.45) is 4.21. The molecule has 3 saturated carbocycles. The van der Waals surface area contributed by atoms with E-state index in [4.69, 9.17) is 19.4 Å². The molecular weight excluding hydrogens is 791 g/mol. The molecule has 0 bridgehead atoms. The summed E-state index contributed by atoms with van der Waals surface area (Å²) >= 11 is 1.50. The lowest BCUT2D eigenvalue weighted by molar-refractivity contribution is -0.141. The van der Waals surface area contributed by atoms with Crippen molar-refractivity contribution < 1.29 is 32.3 Å². The zero-order valence-electron chi connectivity index (χ0n) is 34.6. The Morgan fingerprint density at radius 1 is 1.03 bits per heavy atom. The number of rotatable bonds is 14. The average molecular weight is 844 g/mol. The van der Waals surface area contributed by atoms with E-state index in [0.29, 0.717) is 42.4 Å². The molecule has 4 aliphatic rings. The molecule has 5 atom stereocenters. The maximum atomic E-state index is 14.9. The molecule has 3 aliphatic carbocycles. The van der Waals surface area contributed by atoms with Crippen LogP contribution in [0.1, 0.15) is 90.3 Å². The number of nitrogens with zero attached hydrogens (tertiary/aromatic N) is 4. The molecule has 0 unspecified atom stereocenters. The molecule has 4 fully saturated rings. The molecule has 14 nitrogen and oxygen atoms in total. The molecule has 59 heavy (non-hydrogen) atoms. The predicted octanol–water partition coefficient (Wildman–Crippen LogP) is 5.96. The van der Waals surface area contributed by atoms with E-state index in [0.717, 1.165) is 39.9 Å². The number of aromatic nitrogens is 3. The molecule has 16 heteroatoms. The van der Waals surface area contributed by atoms with Gasteiger partial charge in [0, 0.05) is 23.4 Å². The topological polar surface area (TPSA) is 182 Å². The fraction of sp³-hybridized carbons (Fsp3) is 0.535. The van der Waals surface area contributed by atoms with Crippen molar-refractivity contribution in [3.8, 4) is 22.3 Å². The maximum absolute atomic E-state index is 14.9. The van der Waals surface area contributed by atoms with Crippen molar-refractivity contribution in [2.45, 2.75) is 115 Å². The number of anilines is 1. The second kappa shape index (κ2) is 15.3. The van der Waals surface area contributed by atoms with Crippen LogP contribution in [0.2, 0.25) is 0 Å². The number of hydrogen-bond donors (Lipinski definition) is 3. The fourth-order valence-corrected chi connectivity index (χ4v) is 10.6. The van der Waals surface area contributed by atoms with Gasteiger partial charge in [-0.15, -0.1) is 11.3 Å². The Morgan fingerprint density at radius 3 is 2.42 bits per heavy atom. The molecule has 1 saturated heterocycles. The van der Waals surface area contributed by atoms with E-state index in [2.05, 4.69) is 34.2 Å². The highest BCUT2D eigenvalue weighted by molar-refractivity contribution is 7.91. The van der Waals surface area contributed by atoms with E-state index < -0.39 is 56.2 Å². The van der Waals surface area contributed by atoms with E-state index in [9.17, 15) is 22.8 Å². The molecule has 1 aliphatic heterocycles. The standard InChI is InChI=1S/C43H53N7O7S2/c1-23(2)32-22-58-39(46-32)31-19-29-24(3)34(56-7)16-15-28(29)38(45-31)57-26-18-33(50(21-26)40(52)36(42(4,5)6)47-35-10-8-9-17-44-35)37(51)48-43(20-30(43)25-11-12-25)41(53)49-59(54,55)27-13-14-27/h8-10,15-17,19,22-23,25-27,30,33,36H,11-14,18,20-21H2,1-7H3,(H,44,47)(H,48,51)(H,49,53)/t26-,30+,33+,36-,43-/m1/s1. The minimum Gasteiger partial charge on any atom is -0.496 e. The average Bonchev–Trinajstić information content (AvgIpc) is 4.13. The predicted molar refractivity (Wildman–Crippen MR) is 226 cm³/mol. The van der Waals surface area contributed by atoms with Gasteiger partial charge < -0.3 is 25.0 Å². The Morgan fingerprint density at radius 2 is 1.80 bits per heavy atom. The van der Waals surface area contributed by atoms with Crippen molar-refractivity contribution >= 4 is 55.7 Å². The molecule has 314 valence electrons. The van der Waals surface area contributed by atoms with E-state index in [1.807, 2.05) is 57.3 Å².